The fraction of sp³-hybridized carbons (Fsp3) is 0.103. The summed E-state index contributed by atoms with van der Waals surface area (Å²) < 4.78 is 18.0. The molecule has 1 N–H and O–H groups in total. The van der Waals surface area contributed by atoms with Gasteiger partial charge in [-0.25, -0.2) is 5.43 Å². The molecule has 0 saturated carbocycles. The second-order valence-electron chi connectivity index (χ2n) is 8.03. The van der Waals surface area contributed by atoms with Gasteiger partial charge >= 0.3 is 0 Å². The van der Waals surface area contributed by atoms with E-state index in [4.69, 9.17) is 37.4 Å². The molecule has 0 bridgehead atoms. The van der Waals surface area contributed by atoms with Crippen molar-refractivity contribution in [3.63, 3.8) is 0 Å². The van der Waals surface area contributed by atoms with Crippen LogP contribution in [-0.4, -0.2) is 19.2 Å². The molecule has 0 aromatic heterocycles. The van der Waals surface area contributed by atoms with Crippen LogP contribution >= 0.6 is 39.1 Å². The Labute approximate surface area is 239 Å². The van der Waals surface area contributed by atoms with Crippen molar-refractivity contribution in [2.45, 2.75) is 13.2 Å². The first-order chi connectivity index (χ1) is 18.4. The number of rotatable bonds is 10. The Hall–Kier alpha value is -3.52. The van der Waals surface area contributed by atoms with Gasteiger partial charge in [0.2, 0.25) is 0 Å². The third kappa shape index (κ3) is 7.28. The summed E-state index contributed by atoms with van der Waals surface area (Å²) in [7, 11) is 1.54. The largest absolute Gasteiger partial charge is 0.493 e. The van der Waals surface area contributed by atoms with E-state index in [1.807, 2.05) is 36.4 Å². The molecule has 0 spiro atoms. The Morgan fingerprint density at radius 1 is 0.921 bits per heavy atom. The van der Waals surface area contributed by atoms with Crippen LogP contribution in [0.3, 0.4) is 0 Å². The Kier molecular flexibility index (Phi) is 9.65. The first-order valence-electron chi connectivity index (χ1n) is 11.5. The molecule has 0 unspecified atom stereocenters. The van der Waals surface area contributed by atoms with Gasteiger partial charge in [-0.1, -0.05) is 71.7 Å². The molecule has 0 saturated heterocycles. The predicted octanol–water partition coefficient (Wildman–Crippen LogP) is 7.69. The first-order valence-corrected chi connectivity index (χ1v) is 13.0. The average Bonchev–Trinajstić information content (AvgIpc) is 2.92. The number of ether oxygens (including phenoxy) is 3. The number of halogens is 3. The van der Waals surface area contributed by atoms with Crippen LogP contribution in [0.5, 0.6) is 17.2 Å². The highest BCUT2D eigenvalue weighted by atomic mass is 79.9. The maximum Gasteiger partial charge on any atom is 0.275 e. The Bertz CT molecular complexity index is 1450. The number of amides is 1. The van der Waals surface area contributed by atoms with E-state index in [1.165, 1.54) is 6.21 Å². The molecular weight excluding hydrogens is 591 g/mol. The molecule has 0 aliphatic carbocycles. The number of hydrogen-bond acceptors (Lipinski definition) is 5. The summed E-state index contributed by atoms with van der Waals surface area (Å²) in [6.45, 7) is 0.571. The lowest BCUT2D eigenvalue weighted by molar-refractivity contribution is 0.0950. The SMILES string of the molecule is COc1cc(/C=N/NC(=O)c2ccccc2OCc2ccccc2)cc(Br)c1OCc1ccc(Cl)cc1Cl. The second kappa shape index (κ2) is 13.3. The van der Waals surface area contributed by atoms with Crippen LogP contribution in [0.2, 0.25) is 10.0 Å². The summed E-state index contributed by atoms with van der Waals surface area (Å²) in [5, 5.41) is 5.18. The minimum atomic E-state index is -0.393. The molecule has 0 heterocycles. The van der Waals surface area contributed by atoms with Crippen LogP contribution < -0.4 is 19.6 Å². The maximum atomic E-state index is 12.8. The highest BCUT2D eigenvalue weighted by molar-refractivity contribution is 9.10. The van der Waals surface area contributed by atoms with Crippen LogP contribution in [-0.2, 0) is 13.2 Å². The Morgan fingerprint density at radius 2 is 1.68 bits per heavy atom. The standard InChI is InChI=1S/C29H23BrCl2N2O4/c1-36-27-14-20(13-24(30)28(27)38-18-21-11-12-22(31)15-25(21)32)16-33-34-29(35)23-9-5-6-10-26(23)37-17-19-7-3-2-4-8-19/h2-16H,17-18H2,1H3,(H,34,35)/b33-16+. The zero-order valence-corrected chi connectivity index (χ0v) is 23.4. The topological polar surface area (TPSA) is 69.2 Å². The van der Waals surface area contributed by atoms with Gasteiger partial charge in [-0.3, -0.25) is 4.79 Å². The Morgan fingerprint density at radius 3 is 2.45 bits per heavy atom. The lowest BCUT2D eigenvalue weighted by atomic mass is 10.2. The van der Waals surface area contributed by atoms with Gasteiger partial charge in [-0.15, -0.1) is 0 Å². The third-order valence-corrected chi connectivity index (χ3v) is 6.56. The van der Waals surface area contributed by atoms with Gasteiger partial charge in [0.1, 0.15) is 19.0 Å². The van der Waals surface area contributed by atoms with Crippen LogP contribution in [0.1, 0.15) is 27.0 Å². The minimum absolute atomic E-state index is 0.222. The smallest absolute Gasteiger partial charge is 0.275 e. The molecule has 0 atom stereocenters. The van der Waals surface area contributed by atoms with Crippen molar-refractivity contribution in [1.29, 1.82) is 0 Å². The molecule has 0 aliphatic heterocycles. The molecule has 0 fully saturated rings. The Balaban J connectivity index is 1.41. The van der Waals surface area contributed by atoms with Crippen molar-refractivity contribution in [3.8, 4) is 17.2 Å². The monoisotopic (exact) mass is 612 g/mol. The maximum absolute atomic E-state index is 12.8. The number of para-hydroxylation sites is 1. The number of methoxy groups -OCH3 is 1. The number of carbonyl (C=O) groups is 1. The molecule has 38 heavy (non-hydrogen) atoms. The van der Waals surface area contributed by atoms with Gasteiger partial charge in [0.25, 0.3) is 5.91 Å². The van der Waals surface area contributed by atoms with Crippen molar-refractivity contribution in [1.82, 2.24) is 5.43 Å². The van der Waals surface area contributed by atoms with Crippen LogP contribution in [0.25, 0.3) is 0 Å². The fourth-order valence-electron chi connectivity index (χ4n) is 3.48. The lowest BCUT2D eigenvalue weighted by Crippen LogP contribution is -2.18. The molecule has 4 aromatic carbocycles. The fourth-order valence-corrected chi connectivity index (χ4v) is 4.52. The number of benzene rings is 4. The molecular formula is C29H23BrCl2N2O4. The highest BCUT2D eigenvalue weighted by Gasteiger charge is 2.14. The van der Waals surface area contributed by atoms with E-state index in [0.717, 1.165) is 11.1 Å². The molecule has 0 aliphatic rings. The van der Waals surface area contributed by atoms with Gasteiger partial charge in [0, 0.05) is 15.6 Å². The summed E-state index contributed by atoms with van der Waals surface area (Å²) in [5.74, 6) is 1.06. The summed E-state index contributed by atoms with van der Waals surface area (Å²) in [5.41, 5.74) is 5.40. The molecule has 194 valence electrons. The molecule has 4 rings (SSSR count). The van der Waals surface area contributed by atoms with Crippen LogP contribution in [0.4, 0.5) is 0 Å². The summed E-state index contributed by atoms with van der Waals surface area (Å²) in [6, 6.07) is 25.5. The molecule has 0 radical (unpaired) electrons. The van der Waals surface area contributed by atoms with E-state index in [0.29, 0.717) is 49.5 Å². The van der Waals surface area contributed by atoms with Gasteiger partial charge in [-0.05, 0) is 63.5 Å². The molecule has 9 heteroatoms. The number of nitrogens with zero attached hydrogens (tertiary/aromatic N) is 1. The van der Waals surface area contributed by atoms with E-state index in [9.17, 15) is 4.79 Å². The van der Waals surface area contributed by atoms with Gasteiger partial charge in [0.05, 0.1) is 23.4 Å². The molecule has 6 nitrogen and oxygen atoms in total. The summed E-state index contributed by atoms with van der Waals surface area (Å²) in [6.07, 6.45) is 1.51. The minimum Gasteiger partial charge on any atom is -0.493 e. The summed E-state index contributed by atoms with van der Waals surface area (Å²) in [4.78, 5) is 12.8. The number of nitrogens with one attached hydrogen (secondary N) is 1. The van der Waals surface area contributed by atoms with Crippen LogP contribution in [0.15, 0.2) is 94.5 Å². The van der Waals surface area contributed by atoms with Gasteiger partial charge < -0.3 is 14.2 Å². The first kappa shape index (κ1) is 27.5. The van der Waals surface area contributed by atoms with Crippen molar-refractivity contribution >= 4 is 51.3 Å². The number of hydrazone groups is 1. The van der Waals surface area contributed by atoms with Crippen molar-refractivity contribution in [2.75, 3.05) is 7.11 Å². The molecule has 1 amide bonds. The second-order valence-corrected chi connectivity index (χ2v) is 9.73. The zero-order chi connectivity index (χ0) is 26.9. The average molecular weight is 614 g/mol. The van der Waals surface area contributed by atoms with Gasteiger partial charge in [0.15, 0.2) is 11.5 Å². The van der Waals surface area contributed by atoms with Crippen molar-refractivity contribution in [2.24, 2.45) is 5.10 Å². The van der Waals surface area contributed by atoms with E-state index >= 15 is 0 Å². The van der Waals surface area contributed by atoms with E-state index in [1.54, 1.807) is 55.6 Å². The van der Waals surface area contributed by atoms with Crippen molar-refractivity contribution in [3.05, 3.63) is 122 Å². The normalized spacial score (nSPS) is 10.8. The van der Waals surface area contributed by atoms with E-state index < -0.39 is 5.91 Å². The third-order valence-electron chi connectivity index (χ3n) is 5.39. The van der Waals surface area contributed by atoms with Crippen LogP contribution in [0, 0.1) is 0 Å². The van der Waals surface area contributed by atoms with Crippen molar-refractivity contribution < 1.29 is 19.0 Å². The highest BCUT2D eigenvalue weighted by Crippen LogP contribution is 2.37. The number of carbonyl (C=O) groups excluding carboxylic acids is 1. The quantitative estimate of drug-likeness (QED) is 0.147. The number of hydrogen-bond donors (Lipinski definition) is 1. The zero-order valence-electron chi connectivity index (χ0n) is 20.3. The summed E-state index contributed by atoms with van der Waals surface area (Å²) >= 11 is 15.7. The van der Waals surface area contributed by atoms with E-state index in [2.05, 4.69) is 26.5 Å². The lowest BCUT2D eigenvalue weighted by Gasteiger charge is -2.14. The predicted molar refractivity (Wildman–Crippen MR) is 154 cm³/mol. The van der Waals surface area contributed by atoms with Gasteiger partial charge in [-0.2, -0.15) is 5.10 Å². The van der Waals surface area contributed by atoms with E-state index in [-0.39, 0.29) is 6.61 Å². The molecule has 4 aromatic rings.